The first-order valence-electron chi connectivity index (χ1n) is 4.36. The SMILES string of the molecule is O=Cc1ccc(S(=O)(=O)NCC(F)(F)F)cc1. The van der Waals surface area contributed by atoms with Crippen molar-refractivity contribution in [2.75, 3.05) is 6.54 Å². The van der Waals surface area contributed by atoms with Gasteiger partial charge in [0.15, 0.2) is 0 Å². The third-order valence-electron chi connectivity index (χ3n) is 1.79. The van der Waals surface area contributed by atoms with Crippen molar-refractivity contribution in [2.45, 2.75) is 11.1 Å². The number of benzene rings is 1. The van der Waals surface area contributed by atoms with Crippen molar-refractivity contribution in [3.05, 3.63) is 29.8 Å². The Balaban J connectivity index is 2.86. The number of carbonyl (C=O) groups excluding carboxylic acids is 1. The monoisotopic (exact) mass is 267 g/mol. The Kier molecular flexibility index (Phi) is 3.89. The van der Waals surface area contributed by atoms with E-state index >= 15 is 0 Å². The number of carbonyl (C=O) groups is 1. The zero-order chi connectivity index (χ0) is 13.1. The van der Waals surface area contributed by atoms with Gasteiger partial charge < -0.3 is 0 Å². The van der Waals surface area contributed by atoms with Gasteiger partial charge in [0.2, 0.25) is 10.0 Å². The Bertz CT molecular complexity index is 493. The van der Waals surface area contributed by atoms with Crippen LogP contribution in [0.5, 0.6) is 0 Å². The van der Waals surface area contributed by atoms with Crippen molar-refractivity contribution in [3.63, 3.8) is 0 Å². The third kappa shape index (κ3) is 4.16. The van der Waals surface area contributed by atoms with Crippen LogP contribution < -0.4 is 4.72 Å². The van der Waals surface area contributed by atoms with Gasteiger partial charge in [0, 0.05) is 5.56 Å². The highest BCUT2D eigenvalue weighted by atomic mass is 32.2. The molecule has 0 saturated carbocycles. The molecule has 0 fully saturated rings. The lowest BCUT2D eigenvalue weighted by Gasteiger charge is -2.09. The number of hydrogen-bond acceptors (Lipinski definition) is 3. The van der Waals surface area contributed by atoms with Crippen LogP contribution >= 0.6 is 0 Å². The van der Waals surface area contributed by atoms with E-state index in [1.54, 1.807) is 0 Å². The lowest BCUT2D eigenvalue weighted by atomic mass is 10.2. The lowest BCUT2D eigenvalue weighted by Crippen LogP contribution is -2.33. The smallest absolute Gasteiger partial charge is 0.298 e. The van der Waals surface area contributed by atoms with E-state index in [-0.39, 0.29) is 10.5 Å². The van der Waals surface area contributed by atoms with E-state index in [2.05, 4.69) is 0 Å². The number of rotatable bonds is 4. The van der Waals surface area contributed by atoms with Crippen LogP contribution in [0.1, 0.15) is 10.4 Å². The quantitative estimate of drug-likeness (QED) is 0.837. The topological polar surface area (TPSA) is 63.2 Å². The van der Waals surface area contributed by atoms with Crippen LogP contribution in [-0.2, 0) is 10.0 Å². The summed E-state index contributed by atoms with van der Waals surface area (Å²) in [6.45, 7) is -1.63. The lowest BCUT2D eigenvalue weighted by molar-refractivity contribution is -0.121. The summed E-state index contributed by atoms with van der Waals surface area (Å²) >= 11 is 0. The first kappa shape index (κ1) is 13.7. The second kappa shape index (κ2) is 4.84. The fourth-order valence-corrected chi connectivity index (χ4v) is 2.00. The fourth-order valence-electron chi connectivity index (χ4n) is 0.986. The molecule has 0 spiro atoms. The molecule has 8 heteroatoms. The Hall–Kier alpha value is -1.41. The van der Waals surface area contributed by atoms with Gasteiger partial charge in [0.25, 0.3) is 0 Å². The summed E-state index contributed by atoms with van der Waals surface area (Å²) < 4.78 is 59.7. The van der Waals surface area contributed by atoms with Crippen molar-refractivity contribution in [2.24, 2.45) is 0 Å². The summed E-state index contributed by atoms with van der Waals surface area (Å²) in [4.78, 5) is 9.98. The molecule has 1 N–H and O–H groups in total. The highest BCUT2D eigenvalue weighted by molar-refractivity contribution is 7.89. The van der Waals surface area contributed by atoms with Gasteiger partial charge in [0.05, 0.1) is 4.90 Å². The molecule has 0 radical (unpaired) electrons. The molecule has 1 aromatic rings. The minimum Gasteiger partial charge on any atom is -0.298 e. The standard InChI is InChI=1S/C9H8F3NO3S/c10-9(11,12)6-13-17(15,16)8-3-1-7(5-14)2-4-8/h1-5,13H,6H2. The number of hydrogen-bond donors (Lipinski definition) is 1. The van der Waals surface area contributed by atoms with Crippen LogP contribution in [0.2, 0.25) is 0 Å². The molecule has 0 aliphatic rings. The second-order valence-electron chi connectivity index (χ2n) is 3.13. The highest BCUT2D eigenvalue weighted by Crippen LogP contribution is 2.15. The predicted molar refractivity (Wildman–Crippen MR) is 53.1 cm³/mol. The van der Waals surface area contributed by atoms with Crippen LogP contribution in [0.4, 0.5) is 13.2 Å². The van der Waals surface area contributed by atoms with E-state index in [4.69, 9.17) is 0 Å². The Morgan fingerprint density at radius 3 is 2.12 bits per heavy atom. The van der Waals surface area contributed by atoms with Crippen molar-refractivity contribution < 1.29 is 26.4 Å². The molecular formula is C9H8F3NO3S. The molecule has 1 rings (SSSR count). The normalized spacial score (nSPS) is 12.4. The van der Waals surface area contributed by atoms with E-state index < -0.39 is 22.7 Å². The van der Waals surface area contributed by atoms with Gasteiger partial charge in [-0.25, -0.2) is 13.1 Å². The van der Waals surface area contributed by atoms with E-state index in [1.807, 2.05) is 0 Å². The summed E-state index contributed by atoms with van der Waals surface area (Å²) in [7, 11) is -4.20. The zero-order valence-corrected chi connectivity index (χ0v) is 9.18. The second-order valence-corrected chi connectivity index (χ2v) is 4.89. The summed E-state index contributed by atoms with van der Waals surface area (Å²) in [5.41, 5.74) is 0.236. The van der Waals surface area contributed by atoms with E-state index in [0.29, 0.717) is 6.29 Å². The van der Waals surface area contributed by atoms with Crippen molar-refractivity contribution in [1.29, 1.82) is 0 Å². The minimum absolute atomic E-state index is 0.236. The fraction of sp³-hybridized carbons (Fsp3) is 0.222. The first-order valence-corrected chi connectivity index (χ1v) is 5.84. The van der Waals surface area contributed by atoms with Crippen LogP contribution in [0, 0.1) is 0 Å². The number of alkyl halides is 3. The van der Waals surface area contributed by atoms with Crippen LogP contribution in [-0.4, -0.2) is 27.4 Å². The van der Waals surface area contributed by atoms with Gasteiger partial charge in [-0.05, 0) is 12.1 Å². The van der Waals surface area contributed by atoms with E-state index in [9.17, 15) is 26.4 Å². The van der Waals surface area contributed by atoms with Crippen LogP contribution in [0.25, 0.3) is 0 Å². The van der Waals surface area contributed by atoms with E-state index in [0.717, 1.165) is 12.1 Å². The number of sulfonamides is 1. The average Bonchev–Trinajstić information content (AvgIpc) is 2.26. The molecule has 0 saturated heterocycles. The predicted octanol–water partition coefficient (Wildman–Crippen LogP) is 1.34. The molecule has 0 bridgehead atoms. The molecule has 4 nitrogen and oxygen atoms in total. The Morgan fingerprint density at radius 1 is 1.18 bits per heavy atom. The Labute approximate surface area is 95.5 Å². The Morgan fingerprint density at radius 2 is 1.71 bits per heavy atom. The average molecular weight is 267 g/mol. The van der Waals surface area contributed by atoms with Crippen molar-refractivity contribution in [1.82, 2.24) is 4.72 Å². The third-order valence-corrected chi connectivity index (χ3v) is 3.21. The molecule has 0 atom stereocenters. The highest BCUT2D eigenvalue weighted by Gasteiger charge is 2.29. The summed E-state index contributed by atoms with van der Waals surface area (Å²) in [6, 6.07) is 4.52. The molecule has 1 aromatic carbocycles. The number of aldehydes is 1. The maximum absolute atomic E-state index is 11.8. The molecule has 0 amide bonds. The molecule has 0 aromatic heterocycles. The van der Waals surface area contributed by atoms with Gasteiger partial charge in [-0.1, -0.05) is 12.1 Å². The zero-order valence-electron chi connectivity index (χ0n) is 8.36. The minimum atomic E-state index is -4.62. The number of nitrogens with one attached hydrogen (secondary N) is 1. The summed E-state index contributed by atoms with van der Waals surface area (Å²) in [5, 5.41) is 0. The number of halogens is 3. The van der Waals surface area contributed by atoms with Gasteiger partial charge in [-0.15, -0.1) is 0 Å². The van der Waals surface area contributed by atoms with Gasteiger partial charge in [0.1, 0.15) is 12.8 Å². The maximum Gasteiger partial charge on any atom is 0.402 e. The van der Waals surface area contributed by atoms with E-state index in [1.165, 1.54) is 16.9 Å². The van der Waals surface area contributed by atoms with Gasteiger partial charge >= 0.3 is 6.18 Å². The molecule has 94 valence electrons. The van der Waals surface area contributed by atoms with Gasteiger partial charge in [-0.2, -0.15) is 13.2 Å². The molecule has 0 aliphatic heterocycles. The molecule has 0 unspecified atom stereocenters. The molecule has 17 heavy (non-hydrogen) atoms. The summed E-state index contributed by atoms with van der Waals surface area (Å²) in [5.74, 6) is 0. The molecule has 0 aliphatic carbocycles. The van der Waals surface area contributed by atoms with Gasteiger partial charge in [-0.3, -0.25) is 4.79 Å². The molecule has 0 heterocycles. The van der Waals surface area contributed by atoms with Crippen LogP contribution in [0.15, 0.2) is 29.2 Å². The van der Waals surface area contributed by atoms with Crippen molar-refractivity contribution >= 4 is 16.3 Å². The largest absolute Gasteiger partial charge is 0.402 e. The molecular weight excluding hydrogens is 259 g/mol. The van der Waals surface area contributed by atoms with Crippen LogP contribution in [0.3, 0.4) is 0 Å². The van der Waals surface area contributed by atoms with Crippen molar-refractivity contribution in [3.8, 4) is 0 Å². The maximum atomic E-state index is 11.8. The first-order chi connectivity index (χ1) is 7.74. The summed E-state index contributed by atoms with van der Waals surface area (Å²) in [6.07, 6.45) is -4.12.